The molecule has 0 radical (unpaired) electrons. The van der Waals surface area contributed by atoms with Crippen LogP contribution in [0.15, 0.2) is 12.2 Å². The first-order valence-corrected chi connectivity index (χ1v) is 6.45. The summed E-state index contributed by atoms with van der Waals surface area (Å²) in [5, 5.41) is 0. The molecule has 1 atom stereocenters. The van der Waals surface area contributed by atoms with Crippen molar-refractivity contribution in [1.82, 2.24) is 4.90 Å². The van der Waals surface area contributed by atoms with Crippen LogP contribution < -0.4 is 0 Å². The molecule has 4 nitrogen and oxygen atoms in total. The standard InChI is InChI=1S/C14H25NO3/c1-7-8-9-11-10-17-14(5,6)15(11)12(16)18-13(2,3)4/h7-8,11H,9-10H2,1-6H3/t11-/m0/s1. The highest BCUT2D eigenvalue weighted by Gasteiger charge is 2.44. The molecule has 0 aliphatic carbocycles. The third kappa shape index (κ3) is 3.73. The first-order chi connectivity index (χ1) is 8.17. The number of amides is 1. The molecule has 18 heavy (non-hydrogen) atoms. The maximum absolute atomic E-state index is 12.2. The van der Waals surface area contributed by atoms with Gasteiger partial charge < -0.3 is 9.47 Å². The first kappa shape index (κ1) is 15.0. The van der Waals surface area contributed by atoms with E-state index in [1.807, 2.05) is 53.7 Å². The predicted molar refractivity (Wildman–Crippen MR) is 71.3 cm³/mol. The normalized spacial score (nSPS) is 23.7. The minimum Gasteiger partial charge on any atom is -0.444 e. The molecule has 1 heterocycles. The van der Waals surface area contributed by atoms with Gasteiger partial charge in [-0.1, -0.05) is 12.2 Å². The van der Waals surface area contributed by atoms with Gasteiger partial charge in [-0.25, -0.2) is 4.79 Å². The Hall–Kier alpha value is -1.03. The second kappa shape index (κ2) is 5.31. The molecule has 0 spiro atoms. The summed E-state index contributed by atoms with van der Waals surface area (Å²) in [5.41, 5.74) is -1.09. The van der Waals surface area contributed by atoms with E-state index in [1.165, 1.54) is 0 Å². The van der Waals surface area contributed by atoms with E-state index in [-0.39, 0.29) is 12.1 Å². The van der Waals surface area contributed by atoms with Crippen LogP contribution in [0.1, 0.15) is 48.0 Å². The zero-order valence-electron chi connectivity index (χ0n) is 12.3. The van der Waals surface area contributed by atoms with Gasteiger partial charge in [-0.3, -0.25) is 4.90 Å². The number of carbonyl (C=O) groups excluding carboxylic acids is 1. The largest absolute Gasteiger partial charge is 0.444 e. The van der Waals surface area contributed by atoms with E-state index in [4.69, 9.17) is 9.47 Å². The van der Waals surface area contributed by atoms with E-state index in [2.05, 4.69) is 0 Å². The summed E-state index contributed by atoms with van der Waals surface area (Å²) in [6.07, 6.45) is 4.52. The van der Waals surface area contributed by atoms with E-state index in [9.17, 15) is 4.79 Å². The van der Waals surface area contributed by atoms with Crippen molar-refractivity contribution in [3.63, 3.8) is 0 Å². The Bertz CT molecular complexity index is 328. The smallest absolute Gasteiger partial charge is 0.412 e. The quantitative estimate of drug-likeness (QED) is 0.710. The summed E-state index contributed by atoms with van der Waals surface area (Å²) in [4.78, 5) is 14.0. The lowest BCUT2D eigenvalue weighted by atomic mass is 10.1. The summed E-state index contributed by atoms with van der Waals surface area (Å²) in [6, 6.07) is 0.0473. The molecule has 0 aromatic heterocycles. The number of ether oxygens (including phenoxy) is 2. The lowest BCUT2D eigenvalue weighted by Crippen LogP contribution is -2.49. The molecule has 0 aromatic carbocycles. The van der Waals surface area contributed by atoms with Crippen LogP contribution in [0.3, 0.4) is 0 Å². The number of hydrogen-bond donors (Lipinski definition) is 0. The third-order valence-corrected chi connectivity index (χ3v) is 2.81. The van der Waals surface area contributed by atoms with Gasteiger partial charge in [-0.05, 0) is 48.0 Å². The van der Waals surface area contributed by atoms with Crippen molar-refractivity contribution >= 4 is 6.09 Å². The second-order valence-electron chi connectivity index (χ2n) is 6.07. The molecule has 0 N–H and O–H groups in total. The Morgan fingerprint density at radius 2 is 2.11 bits per heavy atom. The fourth-order valence-electron chi connectivity index (χ4n) is 2.03. The number of carbonyl (C=O) groups is 1. The Balaban J connectivity index is 2.81. The molecule has 1 aliphatic heterocycles. The monoisotopic (exact) mass is 255 g/mol. The summed E-state index contributed by atoms with van der Waals surface area (Å²) >= 11 is 0. The Morgan fingerprint density at radius 3 is 2.61 bits per heavy atom. The topological polar surface area (TPSA) is 38.8 Å². The highest BCUT2D eigenvalue weighted by Crippen LogP contribution is 2.30. The van der Waals surface area contributed by atoms with Crippen LogP contribution in [-0.4, -0.2) is 35.0 Å². The van der Waals surface area contributed by atoms with Crippen molar-refractivity contribution in [2.24, 2.45) is 0 Å². The van der Waals surface area contributed by atoms with Gasteiger partial charge in [0.15, 0.2) is 0 Å². The number of rotatable bonds is 2. The summed E-state index contributed by atoms with van der Waals surface area (Å²) in [7, 11) is 0. The molecule has 1 fully saturated rings. The minimum atomic E-state index is -0.603. The third-order valence-electron chi connectivity index (χ3n) is 2.81. The van der Waals surface area contributed by atoms with Crippen molar-refractivity contribution in [2.45, 2.75) is 65.3 Å². The Morgan fingerprint density at radius 1 is 1.50 bits per heavy atom. The summed E-state index contributed by atoms with van der Waals surface area (Å²) < 4.78 is 11.1. The SMILES string of the molecule is CC=CC[C@H]1COC(C)(C)N1C(=O)OC(C)(C)C. The van der Waals surface area contributed by atoms with Crippen molar-refractivity contribution in [2.75, 3.05) is 6.61 Å². The van der Waals surface area contributed by atoms with Crippen LogP contribution in [0.4, 0.5) is 4.79 Å². The van der Waals surface area contributed by atoms with Gasteiger partial charge in [-0.15, -0.1) is 0 Å². The molecular weight excluding hydrogens is 230 g/mol. The second-order valence-corrected chi connectivity index (χ2v) is 6.07. The molecule has 1 saturated heterocycles. The molecule has 0 saturated carbocycles. The Kier molecular flexibility index (Phi) is 4.43. The molecular formula is C14H25NO3. The average molecular weight is 255 g/mol. The molecule has 0 unspecified atom stereocenters. The average Bonchev–Trinajstić information content (AvgIpc) is 2.48. The molecule has 0 aromatic rings. The minimum absolute atomic E-state index is 0.0473. The lowest BCUT2D eigenvalue weighted by molar-refractivity contribution is -0.0623. The molecule has 0 bridgehead atoms. The van der Waals surface area contributed by atoms with Crippen LogP contribution in [0.25, 0.3) is 0 Å². The van der Waals surface area contributed by atoms with Crippen molar-refractivity contribution in [3.8, 4) is 0 Å². The van der Waals surface area contributed by atoms with Crippen molar-refractivity contribution in [1.29, 1.82) is 0 Å². The number of allylic oxidation sites excluding steroid dienone is 1. The van der Waals surface area contributed by atoms with Crippen LogP contribution in [0.5, 0.6) is 0 Å². The zero-order chi connectivity index (χ0) is 14.0. The number of nitrogens with zero attached hydrogens (tertiary/aromatic N) is 1. The zero-order valence-corrected chi connectivity index (χ0v) is 12.3. The van der Waals surface area contributed by atoms with Gasteiger partial charge in [0, 0.05) is 0 Å². The highest BCUT2D eigenvalue weighted by molar-refractivity contribution is 5.69. The lowest BCUT2D eigenvalue weighted by Gasteiger charge is -2.34. The maximum Gasteiger partial charge on any atom is 0.412 e. The summed E-state index contributed by atoms with van der Waals surface area (Å²) in [6.45, 7) is 11.9. The van der Waals surface area contributed by atoms with Gasteiger partial charge in [0.25, 0.3) is 0 Å². The van der Waals surface area contributed by atoms with E-state index >= 15 is 0 Å². The van der Waals surface area contributed by atoms with Gasteiger partial charge in [0.05, 0.1) is 12.6 Å². The van der Waals surface area contributed by atoms with Gasteiger partial charge in [-0.2, -0.15) is 0 Å². The van der Waals surface area contributed by atoms with Gasteiger partial charge >= 0.3 is 6.09 Å². The van der Waals surface area contributed by atoms with E-state index in [0.717, 1.165) is 6.42 Å². The van der Waals surface area contributed by atoms with Crippen LogP contribution in [0, 0.1) is 0 Å². The van der Waals surface area contributed by atoms with Crippen molar-refractivity contribution < 1.29 is 14.3 Å². The fraction of sp³-hybridized carbons (Fsp3) is 0.786. The van der Waals surface area contributed by atoms with E-state index in [0.29, 0.717) is 6.61 Å². The first-order valence-electron chi connectivity index (χ1n) is 6.45. The van der Waals surface area contributed by atoms with Gasteiger partial charge in [0.1, 0.15) is 11.3 Å². The number of hydrogen-bond acceptors (Lipinski definition) is 3. The Labute approximate surface area is 110 Å². The van der Waals surface area contributed by atoms with E-state index in [1.54, 1.807) is 4.90 Å². The molecule has 104 valence electrons. The predicted octanol–water partition coefficient (Wildman–Crippen LogP) is 3.32. The van der Waals surface area contributed by atoms with Crippen molar-refractivity contribution in [3.05, 3.63) is 12.2 Å². The molecule has 1 amide bonds. The van der Waals surface area contributed by atoms with Crippen LogP contribution in [-0.2, 0) is 9.47 Å². The van der Waals surface area contributed by atoms with Crippen LogP contribution in [0.2, 0.25) is 0 Å². The fourth-order valence-corrected chi connectivity index (χ4v) is 2.03. The highest BCUT2D eigenvalue weighted by atomic mass is 16.6. The summed E-state index contributed by atoms with van der Waals surface area (Å²) in [5.74, 6) is 0. The molecule has 1 rings (SSSR count). The van der Waals surface area contributed by atoms with Crippen LogP contribution >= 0.6 is 0 Å². The van der Waals surface area contributed by atoms with Gasteiger partial charge in [0.2, 0.25) is 0 Å². The molecule has 4 heteroatoms. The molecule has 1 aliphatic rings. The maximum atomic E-state index is 12.2. The van der Waals surface area contributed by atoms with E-state index < -0.39 is 11.3 Å².